The lowest BCUT2D eigenvalue weighted by Gasteiger charge is -2.27. The van der Waals surface area contributed by atoms with Crippen molar-refractivity contribution in [1.82, 2.24) is 26.6 Å². The third-order valence-electron chi connectivity index (χ3n) is 8.15. The summed E-state index contributed by atoms with van der Waals surface area (Å²) in [5.41, 5.74) is 38.7. The Hall–Kier alpha value is -6.52. The summed E-state index contributed by atoms with van der Waals surface area (Å²) in [4.78, 5) is 111. The number of rotatable bonds is 26. The van der Waals surface area contributed by atoms with Gasteiger partial charge in [-0.05, 0) is 37.2 Å². The van der Waals surface area contributed by atoms with E-state index in [1.165, 1.54) is 0 Å². The Labute approximate surface area is 329 Å². The minimum atomic E-state index is -1.78. The molecule has 6 atom stereocenters. The Balaban J connectivity index is 3.38. The summed E-state index contributed by atoms with van der Waals surface area (Å²) < 4.78 is 0. The molecule has 0 radical (unpaired) electrons. The second kappa shape index (κ2) is 24.8. The molecule has 57 heavy (non-hydrogen) atoms. The van der Waals surface area contributed by atoms with Crippen LogP contribution in [0.5, 0.6) is 0 Å². The lowest BCUT2D eigenvalue weighted by atomic mass is 10.0. The van der Waals surface area contributed by atoms with E-state index >= 15 is 0 Å². The number of carbonyl (C=O) groups is 8. The molecule has 0 heterocycles. The number of hydrogen-bond donors (Lipinski definition) is 13. The van der Waals surface area contributed by atoms with Gasteiger partial charge in [0.15, 0.2) is 11.9 Å². The number of nitrogens with two attached hydrogens (primary N) is 7. The van der Waals surface area contributed by atoms with Crippen molar-refractivity contribution in [1.29, 1.82) is 0 Å². The summed E-state index contributed by atoms with van der Waals surface area (Å²) in [5.74, 6) is -9.07. The Morgan fingerprint density at radius 2 is 0.965 bits per heavy atom. The van der Waals surface area contributed by atoms with Gasteiger partial charge in [0.1, 0.15) is 30.2 Å². The maximum absolute atomic E-state index is 13.8. The van der Waals surface area contributed by atoms with Crippen LogP contribution in [0.2, 0.25) is 0 Å². The molecule has 0 saturated carbocycles. The van der Waals surface area contributed by atoms with Crippen LogP contribution in [0.15, 0.2) is 40.3 Å². The maximum atomic E-state index is 13.8. The molecule has 1 rings (SSSR count). The first-order chi connectivity index (χ1) is 26.7. The first-order valence-electron chi connectivity index (χ1n) is 17.9. The largest absolute Gasteiger partial charge is 0.480 e. The first kappa shape index (κ1) is 48.5. The molecule has 0 fully saturated rings. The number of nitrogens with one attached hydrogen (secondary N) is 5. The van der Waals surface area contributed by atoms with Crippen molar-refractivity contribution < 1.29 is 43.5 Å². The van der Waals surface area contributed by atoms with Crippen LogP contribution >= 0.6 is 0 Å². The van der Waals surface area contributed by atoms with Crippen molar-refractivity contribution in [3.63, 3.8) is 0 Å². The van der Waals surface area contributed by atoms with Gasteiger partial charge in [0.25, 0.3) is 0 Å². The second-order valence-corrected chi connectivity index (χ2v) is 13.3. The number of carbonyl (C=O) groups excluding carboxylic acids is 7. The molecule has 0 aromatic heterocycles. The van der Waals surface area contributed by atoms with Crippen molar-refractivity contribution in [2.45, 2.75) is 95.0 Å². The topological polar surface area (TPSA) is 424 Å². The predicted molar refractivity (Wildman–Crippen MR) is 208 cm³/mol. The molecule has 1 aromatic rings. The van der Waals surface area contributed by atoms with Crippen molar-refractivity contribution in [2.75, 3.05) is 13.1 Å². The van der Waals surface area contributed by atoms with E-state index in [4.69, 9.17) is 40.1 Å². The Morgan fingerprint density at radius 1 is 0.579 bits per heavy atom. The average molecular weight is 805 g/mol. The molecule has 20 N–H and O–H groups in total. The fraction of sp³-hybridized carbons (Fsp3) is 0.529. The van der Waals surface area contributed by atoms with E-state index in [1.54, 1.807) is 44.2 Å². The third-order valence-corrected chi connectivity index (χ3v) is 8.15. The number of primary amides is 2. The number of benzene rings is 1. The zero-order valence-electron chi connectivity index (χ0n) is 31.9. The fourth-order valence-corrected chi connectivity index (χ4v) is 5.07. The van der Waals surface area contributed by atoms with Gasteiger partial charge in [-0.2, -0.15) is 0 Å². The molecule has 0 aliphatic carbocycles. The number of aliphatic imine (C=N–C) groups is 2. The summed E-state index contributed by atoms with van der Waals surface area (Å²) >= 11 is 0. The molecule has 23 nitrogen and oxygen atoms in total. The van der Waals surface area contributed by atoms with E-state index in [-0.39, 0.29) is 63.0 Å². The molecule has 0 aliphatic heterocycles. The highest BCUT2D eigenvalue weighted by atomic mass is 16.4. The summed E-state index contributed by atoms with van der Waals surface area (Å²) in [6.45, 7) is 3.51. The lowest BCUT2D eigenvalue weighted by Crippen LogP contribution is -2.60. The molecule has 316 valence electrons. The zero-order valence-corrected chi connectivity index (χ0v) is 31.9. The summed E-state index contributed by atoms with van der Waals surface area (Å²) in [5, 5.41) is 21.6. The van der Waals surface area contributed by atoms with Gasteiger partial charge in [-0.25, -0.2) is 4.79 Å². The second-order valence-electron chi connectivity index (χ2n) is 13.3. The smallest absolute Gasteiger partial charge is 0.326 e. The highest BCUT2D eigenvalue weighted by molar-refractivity contribution is 5.98. The number of amides is 7. The van der Waals surface area contributed by atoms with Crippen LogP contribution in [-0.4, -0.2) is 114 Å². The standard InChI is InChI=1S/C34H56N14O9/c1-17(2)26(37)31(55)48-21(14-18-8-4-3-5-9-18)28(52)44-19(10-6-12-42-33(38)39)27(51)46-23(16-25(36)50)30(54)47-22(15-24(35)49)29(53)45-20(32(56)57)11-7-13-43-34(40)41/h3-5,8-9,17,19-23,26H,6-7,10-16,37H2,1-2H3,(H2,35,49)(H2,36,50)(H,44,52)(H,45,53)(H,46,51)(H,47,54)(H,48,55)(H,56,57)(H4,38,39,42)(H4,40,41,43). The molecule has 7 amide bonds. The number of nitrogens with zero attached hydrogens (tertiary/aromatic N) is 2. The predicted octanol–water partition coefficient (Wildman–Crippen LogP) is -5.42. The minimum absolute atomic E-state index is 0.000589. The minimum Gasteiger partial charge on any atom is -0.480 e. The molecular weight excluding hydrogens is 748 g/mol. The molecule has 0 saturated heterocycles. The number of carboxylic acid groups (broad SMARTS) is 1. The van der Waals surface area contributed by atoms with Crippen molar-refractivity contribution >= 4 is 59.2 Å². The van der Waals surface area contributed by atoms with Crippen molar-refractivity contribution in [2.24, 2.45) is 56.0 Å². The Kier molecular flexibility index (Phi) is 21.1. The van der Waals surface area contributed by atoms with E-state index in [2.05, 4.69) is 36.6 Å². The van der Waals surface area contributed by atoms with Gasteiger partial charge in [0.2, 0.25) is 41.4 Å². The Morgan fingerprint density at radius 3 is 1.39 bits per heavy atom. The molecule has 0 aliphatic rings. The number of aliphatic carboxylic acids is 1. The quantitative estimate of drug-likeness (QED) is 0.0236. The fourth-order valence-electron chi connectivity index (χ4n) is 5.07. The van der Waals surface area contributed by atoms with Gasteiger partial charge < -0.3 is 71.8 Å². The van der Waals surface area contributed by atoms with Crippen LogP contribution in [-0.2, 0) is 44.8 Å². The summed E-state index contributed by atoms with van der Waals surface area (Å²) in [6.07, 6.45) is -1.65. The van der Waals surface area contributed by atoms with Gasteiger partial charge in [-0.3, -0.25) is 43.5 Å². The van der Waals surface area contributed by atoms with Crippen LogP contribution in [0, 0.1) is 5.92 Å². The molecule has 0 bridgehead atoms. The highest BCUT2D eigenvalue weighted by Crippen LogP contribution is 2.09. The lowest BCUT2D eigenvalue weighted by molar-refractivity contribution is -0.142. The van der Waals surface area contributed by atoms with Crippen LogP contribution < -0.4 is 66.7 Å². The van der Waals surface area contributed by atoms with Gasteiger partial charge in [0, 0.05) is 19.5 Å². The first-order valence-corrected chi connectivity index (χ1v) is 17.9. The maximum Gasteiger partial charge on any atom is 0.326 e. The third kappa shape index (κ3) is 19.6. The normalized spacial score (nSPS) is 13.9. The zero-order chi connectivity index (χ0) is 43.2. The van der Waals surface area contributed by atoms with Crippen LogP contribution in [0.3, 0.4) is 0 Å². The number of carboxylic acids is 1. The summed E-state index contributed by atoms with van der Waals surface area (Å²) in [7, 11) is 0. The molecule has 0 spiro atoms. The van der Waals surface area contributed by atoms with Crippen LogP contribution in [0.4, 0.5) is 0 Å². The molecule has 1 aromatic carbocycles. The Bertz CT molecular complexity index is 1620. The summed E-state index contributed by atoms with van der Waals surface area (Å²) in [6, 6.07) is 0.00829. The van der Waals surface area contributed by atoms with Crippen LogP contribution in [0.1, 0.15) is 57.9 Å². The molecular formula is C34H56N14O9. The van der Waals surface area contributed by atoms with E-state index in [9.17, 15) is 43.5 Å². The van der Waals surface area contributed by atoms with E-state index in [0.717, 1.165) is 0 Å². The van der Waals surface area contributed by atoms with Crippen LogP contribution in [0.25, 0.3) is 0 Å². The number of guanidine groups is 2. The monoisotopic (exact) mass is 804 g/mol. The van der Waals surface area contributed by atoms with Gasteiger partial charge in [0.05, 0.1) is 18.9 Å². The van der Waals surface area contributed by atoms with Gasteiger partial charge in [-0.1, -0.05) is 44.2 Å². The van der Waals surface area contributed by atoms with Crippen molar-refractivity contribution in [3.8, 4) is 0 Å². The van der Waals surface area contributed by atoms with Gasteiger partial charge in [-0.15, -0.1) is 0 Å². The van der Waals surface area contributed by atoms with Gasteiger partial charge >= 0.3 is 5.97 Å². The number of hydrogen-bond acceptors (Lipinski definition) is 11. The van der Waals surface area contributed by atoms with E-state index in [0.29, 0.717) is 5.56 Å². The SMILES string of the molecule is CC(C)C(N)C(=O)NC(Cc1ccccc1)C(=O)NC(CCCN=C(N)N)C(=O)NC(CC(N)=O)C(=O)NC(CC(N)=O)C(=O)NC(CCCN=C(N)N)C(=O)O. The highest BCUT2D eigenvalue weighted by Gasteiger charge is 2.34. The van der Waals surface area contributed by atoms with E-state index in [1.807, 2.05) is 0 Å². The molecule has 6 unspecified atom stereocenters. The average Bonchev–Trinajstić information content (AvgIpc) is 3.12. The van der Waals surface area contributed by atoms with E-state index < -0.39 is 96.4 Å². The molecule has 23 heteroatoms. The van der Waals surface area contributed by atoms with Crippen molar-refractivity contribution in [3.05, 3.63) is 35.9 Å².